The minimum atomic E-state index is -3.84. The Morgan fingerprint density at radius 2 is 0.913 bits per heavy atom. The third-order valence-electron chi connectivity index (χ3n) is 3.92. The van der Waals surface area contributed by atoms with Gasteiger partial charge in [0.1, 0.15) is 0 Å². The van der Waals surface area contributed by atoms with E-state index in [9.17, 15) is 10.1 Å². The van der Waals surface area contributed by atoms with Crippen molar-refractivity contribution >= 4 is 20.6 Å². The second kappa shape index (κ2) is 6.03. The first-order valence-corrected chi connectivity index (χ1v) is 12.0. The summed E-state index contributed by atoms with van der Waals surface area (Å²) in [4.78, 5) is 12.6. The fraction of sp³-hybridized carbons (Fsp3) is 0. The van der Waals surface area contributed by atoms with E-state index in [1.807, 2.05) is 91.0 Å². The summed E-state index contributed by atoms with van der Waals surface area (Å²) in [6.45, 7) is 0. The predicted molar refractivity (Wildman–Crippen MR) is 92.1 cm³/mol. The summed E-state index contributed by atoms with van der Waals surface area (Å²) in [6, 6.07) is 28.0. The van der Waals surface area contributed by atoms with Crippen molar-refractivity contribution in [1.82, 2.24) is 0 Å². The number of nitro groups is 1. The topological polar surface area (TPSA) is 43.1 Å². The van der Waals surface area contributed by atoms with Gasteiger partial charge in [-0.05, 0) is 0 Å². The van der Waals surface area contributed by atoms with Crippen LogP contribution in [0.3, 0.4) is 0 Å². The summed E-state index contributed by atoms with van der Waals surface area (Å²) in [7, 11) is 0. The van der Waals surface area contributed by atoms with E-state index >= 15 is 0 Å². The van der Waals surface area contributed by atoms with Gasteiger partial charge in [-0.3, -0.25) is 0 Å². The number of nitrogens with zero attached hydrogens (tertiary/aromatic N) is 1. The summed E-state index contributed by atoms with van der Waals surface area (Å²) >= 11 is 2.38. The van der Waals surface area contributed by atoms with E-state index in [0.29, 0.717) is 0 Å². The van der Waals surface area contributed by atoms with Gasteiger partial charge in [0.05, 0.1) is 0 Å². The fourth-order valence-electron chi connectivity index (χ4n) is 2.80. The zero-order valence-electron chi connectivity index (χ0n) is 12.2. The number of hydrogen-bond donors (Lipinski definition) is 0. The average molecular weight is 505 g/mol. The fourth-order valence-corrected chi connectivity index (χ4v) is 9.24. The molecular formula is C18H15AuNO2P. The van der Waals surface area contributed by atoms with Crippen molar-refractivity contribution in [3.8, 4) is 0 Å². The van der Waals surface area contributed by atoms with Crippen LogP contribution < -0.4 is 15.9 Å². The van der Waals surface area contributed by atoms with Crippen LogP contribution in [0.15, 0.2) is 91.0 Å². The molecule has 0 radical (unpaired) electrons. The molecule has 0 unspecified atom stereocenters. The number of rotatable bonds is 4. The van der Waals surface area contributed by atoms with Crippen LogP contribution in [-0.4, -0.2) is 4.69 Å². The van der Waals surface area contributed by atoms with Gasteiger partial charge in [-0.15, -0.1) is 0 Å². The first-order chi connectivity index (χ1) is 11.1. The van der Waals surface area contributed by atoms with Crippen LogP contribution in [0.4, 0.5) is 0 Å². The van der Waals surface area contributed by atoms with Gasteiger partial charge in [-0.2, -0.15) is 0 Å². The van der Waals surface area contributed by atoms with Gasteiger partial charge in [-0.1, -0.05) is 0 Å². The van der Waals surface area contributed by atoms with Crippen LogP contribution in [0.1, 0.15) is 0 Å². The Kier molecular flexibility index (Phi) is 4.22. The molecule has 0 spiro atoms. The van der Waals surface area contributed by atoms with E-state index in [1.54, 1.807) is 0 Å². The van der Waals surface area contributed by atoms with Gasteiger partial charge in [0.25, 0.3) is 0 Å². The standard InChI is InChI=1S/C18H15NO2P.Au/c20-19(21)22(16-10-4-1-5-11-16,17-12-6-2-7-13-17)18-14-8-3-9-15-18;/h1-15H;/q+1;-1. The Morgan fingerprint density at radius 3 is 1.13 bits per heavy atom. The van der Waals surface area contributed by atoms with Gasteiger partial charge in [0.2, 0.25) is 0 Å². The van der Waals surface area contributed by atoms with Crippen LogP contribution in [0.2, 0.25) is 0 Å². The van der Waals surface area contributed by atoms with Crippen LogP contribution in [0.5, 0.6) is 0 Å². The Balaban J connectivity index is 2.50. The maximum absolute atomic E-state index is 12.6. The first kappa shape index (κ1) is 16.1. The molecule has 0 saturated heterocycles. The third-order valence-corrected chi connectivity index (χ3v) is 14.2. The molecule has 0 heterocycles. The monoisotopic (exact) mass is 505 g/mol. The second-order valence-electron chi connectivity index (χ2n) is 5.14. The van der Waals surface area contributed by atoms with Crippen LogP contribution >= 0.6 is 4.64 Å². The number of benzene rings is 3. The molecule has 0 amide bonds. The second-order valence-corrected chi connectivity index (χ2v) is 14.5. The summed E-state index contributed by atoms with van der Waals surface area (Å²) in [5, 5.41) is 14.8. The molecule has 0 aliphatic carbocycles. The van der Waals surface area contributed by atoms with Crippen LogP contribution in [-0.2, 0) is 20.5 Å². The summed E-state index contributed by atoms with van der Waals surface area (Å²) < 4.78 is -3.92. The Labute approximate surface area is 146 Å². The maximum atomic E-state index is 12.6. The third kappa shape index (κ3) is 2.29. The van der Waals surface area contributed by atoms with Crippen molar-refractivity contribution in [2.24, 2.45) is 0 Å². The number of hydrogen-bond acceptors (Lipinski definition) is 2. The quantitative estimate of drug-likeness (QED) is 0.237. The molecule has 23 heavy (non-hydrogen) atoms. The Bertz CT molecular complexity index is 726. The molecule has 3 rings (SSSR count). The zero-order valence-corrected chi connectivity index (χ0v) is 15.2. The SMILES string of the molecule is O=[N+]([O-])[P]([Au])(c1ccccc1)(c1ccccc1)c1ccccc1. The van der Waals surface area contributed by atoms with Crippen LogP contribution in [0.25, 0.3) is 0 Å². The predicted octanol–water partition coefficient (Wildman–Crippen LogP) is 3.17. The van der Waals surface area contributed by atoms with E-state index in [0.717, 1.165) is 15.9 Å². The normalized spacial score (nSPS) is 13.0. The molecule has 0 aromatic heterocycles. The van der Waals surface area contributed by atoms with Crippen molar-refractivity contribution in [2.75, 3.05) is 0 Å². The van der Waals surface area contributed by atoms with Gasteiger partial charge in [0.15, 0.2) is 0 Å². The molecule has 0 aliphatic heterocycles. The van der Waals surface area contributed by atoms with Crippen molar-refractivity contribution in [2.45, 2.75) is 0 Å². The Morgan fingerprint density at radius 1 is 0.652 bits per heavy atom. The summed E-state index contributed by atoms with van der Waals surface area (Å²) in [6.07, 6.45) is 0. The van der Waals surface area contributed by atoms with Gasteiger partial charge in [0, 0.05) is 0 Å². The van der Waals surface area contributed by atoms with Crippen molar-refractivity contribution in [3.63, 3.8) is 0 Å². The van der Waals surface area contributed by atoms with Gasteiger partial charge < -0.3 is 0 Å². The zero-order chi connectivity index (χ0) is 16.4. The molecule has 120 valence electrons. The minimum absolute atomic E-state index is 0.0747. The average Bonchev–Trinajstić information content (AvgIpc) is 2.63. The molecule has 0 N–H and O–H groups in total. The van der Waals surface area contributed by atoms with Gasteiger partial charge in [-0.25, -0.2) is 0 Å². The molecule has 0 fully saturated rings. The Hall–Kier alpha value is -1.77. The summed E-state index contributed by atoms with van der Waals surface area (Å²) in [5.74, 6) is 0. The van der Waals surface area contributed by atoms with E-state index in [4.69, 9.17) is 0 Å². The molecule has 0 atom stereocenters. The molecule has 0 bridgehead atoms. The first-order valence-electron chi connectivity index (χ1n) is 7.10. The van der Waals surface area contributed by atoms with Crippen molar-refractivity contribution in [3.05, 3.63) is 101 Å². The molecular weight excluding hydrogens is 490 g/mol. The molecule has 5 heteroatoms. The molecule has 3 aromatic carbocycles. The van der Waals surface area contributed by atoms with E-state index < -0.39 is 4.64 Å². The van der Waals surface area contributed by atoms with Gasteiger partial charge >= 0.3 is 147 Å². The molecule has 0 aliphatic rings. The van der Waals surface area contributed by atoms with E-state index in [-0.39, 0.29) is 4.69 Å². The van der Waals surface area contributed by atoms with Crippen LogP contribution in [0, 0.1) is 10.1 Å². The summed E-state index contributed by atoms with van der Waals surface area (Å²) in [5.41, 5.74) is 0. The van der Waals surface area contributed by atoms with Crippen molar-refractivity contribution in [1.29, 1.82) is 0 Å². The van der Waals surface area contributed by atoms with Crippen molar-refractivity contribution < 1.29 is 25.2 Å². The molecule has 0 saturated carbocycles. The molecule has 3 aromatic rings. The van der Waals surface area contributed by atoms with E-state index in [1.165, 1.54) is 0 Å². The van der Waals surface area contributed by atoms with E-state index in [2.05, 4.69) is 20.5 Å². The molecule has 3 nitrogen and oxygen atoms in total.